The number of nitrogens with zero attached hydrogens (tertiary/aromatic N) is 3. The molecule has 0 bridgehead atoms. The van der Waals surface area contributed by atoms with Gasteiger partial charge in [0, 0.05) is 12.0 Å². The number of amidine groups is 1. The number of methoxy groups -OCH3 is 1. The fourth-order valence-electron chi connectivity index (χ4n) is 1.25. The summed E-state index contributed by atoms with van der Waals surface area (Å²) in [4.78, 5) is 8.41. The largest absolute Gasteiger partial charge is 0.481 e. The summed E-state index contributed by atoms with van der Waals surface area (Å²) in [5, 5.41) is 11.5. The van der Waals surface area contributed by atoms with E-state index in [0.29, 0.717) is 23.3 Å². The van der Waals surface area contributed by atoms with E-state index in [1.165, 1.54) is 7.11 Å². The average molecular weight is 208 g/mol. The van der Waals surface area contributed by atoms with Crippen molar-refractivity contribution in [2.45, 2.75) is 18.8 Å². The predicted octanol–water partition coefficient (Wildman–Crippen LogP) is 0.457. The van der Waals surface area contributed by atoms with E-state index < -0.39 is 0 Å². The molecule has 1 fully saturated rings. The number of rotatable bonds is 3. The van der Waals surface area contributed by atoms with E-state index in [4.69, 9.17) is 15.7 Å². The van der Waals surface area contributed by atoms with E-state index in [-0.39, 0.29) is 5.84 Å². The first-order chi connectivity index (χ1) is 7.24. The lowest BCUT2D eigenvalue weighted by atomic mass is 10.3. The van der Waals surface area contributed by atoms with Crippen molar-refractivity contribution in [1.29, 1.82) is 0 Å². The second kappa shape index (κ2) is 3.72. The molecule has 0 aliphatic heterocycles. The highest BCUT2D eigenvalue weighted by Gasteiger charge is 2.27. The molecule has 0 atom stereocenters. The molecule has 1 saturated carbocycles. The van der Waals surface area contributed by atoms with Gasteiger partial charge >= 0.3 is 0 Å². The Morgan fingerprint density at radius 2 is 2.33 bits per heavy atom. The molecule has 0 unspecified atom stereocenters. The molecule has 80 valence electrons. The van der Waals surface area contributed by atoms with Gasteiger partial charge in [-0.25, -0.2) is 4.98 Å². The van der Waals surface area contributed by atoms with Crippen LogP contribution in [0, 0.1) is 0 Å². The van der Waals surface area contributed by atoms with Crippen LogP contribution in [0.1, 0.15) is 30.3 Å². The molecule has 2 rings (SSSR count). The molecular weight excluding hydrogens is 196 g/mol. The summed E-state index contributed by atoms with van der Waals surface area (Å²) in [6.07, 6.45) is 2.17. The van der Waals surface area contributed by atoms with Crippen molar-refractivity contribution in [3.05, 3.63) is 17.6 Å². The molecular formula is C9H12N4O2. The minimum atomic E-state index is -0.0300. The summed E-state index contributed by atoms with van der Waals surface area (Å²) >= 11 is 0. The summed E-state index contributed by atoms with van der Waals surface area (Å²) in [7, 11) is 1.52. The molecule has 1 aromatic rings. The van der Waals surface area contributed by atoms with Crippen molar-refractivity contribution < 1.29 is 9.94 Å². The van der Waals surface area contributed by atoms with Crippen LogP contribution >= 0.6 is 0 Å². The smallest absolute Gasteiger partial charge is 0.217 e. The Morgan fingerprint density at radius 1 is 1.60 bits per heavy atom. The summed E-state index contributed by atoms with van der Waals surface area (Å²) in [6, 6.07) is 1.54. The van der Waals surface area contributed by atoms with Crippen LogP contribution in [0.4, 0.5) is 0 Å². The van der Waals surface area contributed by atoms with E-state index in [1.807, 2.05) is 0 Å². The maximum atomic E-state index is 8.56. The Morgan fingerprint density at radius 3 is 2.87 bits per heavy atom. The number of aromatic nitrogens is 2. The molecule has 0 aromatic carbocycles. The molecule has 1 aliphatic rings. The van der Waals surface area contributed by atoms with Crippen LogP contribution in [-0.2, 0) is 0 Å². The quantitative estimate of drug-likeness (QED) is 0.325. The van der Waals surface area contributed by atoms with Crippen LogP contribution < -0.4 is 10.5 Å². The Balaban J connectivity index is 2.41. The second-order valence-electron chi connectivity index (χ2n) is 3.41. The molecule has 0 radical (unpaired) electrons. The molecule has 0 spiro atoms. The standard InChI is InChI=1S/C9H12N4O2/c1-15-7-4-6(8(10)13-14)11-9(12-7)5-2-3-5/h4-5,14H,2-3H2,1H3,(H2,10,13). The van der Waals surface area contributed by atoms with Gasteiger partial charge in [-0.1, -0.05) is 5.16 Å². The van der Waals surface area contributed by atoms with E-state index in [9.17, 15) is 0 Å². The lowest BCUT2D eigenvalue weighted by molar-refractivity contribution is 0.318. The van der Waals surface area contributed by atoms with Crippen molar-refractivity contribution in [3.63, 3.8) is 0 Å². The Labute approximate surface area is 86.8 Å². The van der Waals surface area contributed by atoms with Crippen molar-refractivity contribution >= 4 is 5.84 Å². The topological polar surface area (TPSA) is 93.6 Å². The summed E-state index contributed by atoms with van der Waals surface area (Å²) in [6.45, 7) is 0. The lowest BCUT2D eigenvalue weighted by Crippen LogP contribution is -2.16. The number of oxime groups is 1. The van der Waals surface area contributed by atoms with Crippen LogP contribution in [0.25, 0.3) is 0 Å². The highest BCUT2D eigenvalue weighted by atomic mass is 16.5. The zero-order valence-electron chi connectivity index (χ0n) is 8.34. The Bertz CT molecular complexity index is 401. The Kier molecular flexibility index (Phi) is 2.40. The van der Waals surface area contributed by atoms with Crippen LogP contribution in [0.5, 0.6) is 5.88 Å². The van der Waals surface area contributed by atoms with E-state index in [0.717, 1.165) is 12.8 Å². The van der Waals surface area contributed by atoms with E-state index >= 15 is 0 Å². The number of ether oxygens (including phenoxy) is 1. The molecule has 0 amide bonds. The van der Waals surface area contributed by atoms with Crippen molar-refractivity contribution in [2.24, 2.45) is 10.9 Å². The van der Waals surface area contributed by atoms with Crippen molar-refractivity contribution in [3.8, 4) is 5.88 Å². The maximum absolute atomic E-state index is 8.56. The molecule has 0 saturated heterocycles. The maximum Gasteiger partial charge on any atom is 0.217 e. The first-order valence-corrected chi connectivity index (χ1v) is 4.65. The van der Waals surface area contributed by atoms with Gasteiger partial charge < -0.3 is 15.7 Å². The average Bonchev–Trinajstić information content (AvgIpc) is 3.11. The Hall–Kier alpha value is -1.85. The van der Waals surface area contributed by atoms with Crippen LogP contribution in [0.2, 0.25) is 0 Å². The molecule has 6 nitrogen and oxygen atoms in total. The minimum absolute atomic E-state index is 0.0300. The second-order valence-corrected chi connectivity index (χ2v) is 3.41. The third kappa shape index (κ3) is 1.98. The fraction of sp³-hybridized carbons (Fsp3) is 0.444. The molecule has 15 heavy (non-hydrogen) atoms. The van der Waals surface area contributed by atoms with Gasteiger partial charge in [0.25, 0.3) is 0 Å². The molecule has 3 N–H and O–H groups in total. The van der Waals surface area contributed by atoms with Gasteiger partial charge in [0.15, 0.2) is 5.84 Å². The highest BCUT2D eigenvalue weighted by molar-refractivity contribution is 5.95. The van der Waals surface area contributed by atoms with Crippen molar-refractivity contribution in [1.82, 2.24) is 9.97 Å². The van der Waals surface area contributed by atoms with E-state index in [2.05, 4.69) is 15.1 Å². The molecule has 1 aliphatic carbocycles. The van der Waals surface area contributed by atoms with Crippen molar-refractivity contribution in [2.75, 3.05) is 7.11 Å². The third-order valence-electron chi connectivity index (χ3n) is 2.24. The lowest BCUT2D eigenvalue weighted by Gasteiger charge is -2.05. The zero-order valence-corrected chi connectivity index (χ0v) is 8.34. The van der Waals surface area contributed by atoms with Gasteiger partial charge in [-0.3, -0.25) is 0 Å². The van der Waals surface area contributed by atoms with Crippen LogP contribution in [0.3, 0.4) is 0 Å². The van der Waals surface area contributed by atoms with Gasteiger partial charge in [0.1, 0.15) is 11.5 Å². The number of nitrogens with two attached hydrogens (primary N) is 1. The molecule has 1 aromatic heterocycles. The zero-order chi connectivity index (χ0) is 10.8. The number of hydrogen-bond donors (Lipinski definition) is 2. The monoisotopic (exact) mass is 208 g/mol. The van der Waals surface area contributed by atoms with Gasteiger partial charge in [-0.2, -0.15) is 4.98 Å². The van der Waals surface area contributed by atoms with Gasteiger partial charge in [-0.05, 0) is 12.8 Å². The predicted molar refractivity (Wildman–Crippen MR) is 53.1 cm³/mol. The third-order valence-corrected chi connectivity index (χ3v) is 2.24. The SMILES string of the molecule is COc1cc(/C(N)=N\O)nc(C2CC2)n1. The molecule has 1 heterocycles. The normalized spacial score (nSPS) is 16.5. The van der Waals surface area contributed by atoms with Gasteiger partial charge in [0.05, 0.1) is 7.11 Å². The fourth-order valence-corrected chi connectivity index (χ4v) is 1.25. The summed E-state index contributed by atoms with van der Waals surface area (Å²) < 4.78 is 5.02. The molecule has 6 heteroatoms. The number of hydrogen-bond acceptors (Lipinski definition) is 5. The summed E-state index contributed by atoms with van der Waals surface area (Å²) in [5.41, 5.74) is 5.86. The van der Waals surface area contributed by atoms with Crippen LogP contribution in [0.15, 0.2) is 11.2 Å². The first-order valence-electron chi connectivity index (χ1n) is 4.65. The van der Waals surface area contributed by atoms with E-state index in [1.54, 1.807) is 6.07 Å². The minimum Gasteiger partial charge on any atom is -0.481 e. The highest BCUT2D eigenvalue weighted by Crippen LogP contribution is 2.38. The van der Waals surface area contributed by atoms with Crippen LogP contribution in [-0.4, -0.2) is 28.1 Å². The first kappa shape index (κ1) is 9.70. The summed E-state index contributed by atoms with van der Waals surface area (Å²) in [5.74, 6) is 1.51. The van der Waals surface area contributed by atoms with Gasteiger partial charge in [0.2, 0.25) is 5.88 Å². The van der Waals surface area contributed by atoms with Gasteiger partial charge in [-0.15, -0.1) is 0 Å².